The first kappa shape index (κ1) is 14.7. The Morgan fingerprint density at radius 1 is 1.42 bits per heavy atom. The molecule has 104 valence electrons. The van der Waals surface area contributed by atoms with E-state index in [2.05, 4.69) is 15.9 Å². The quantitative estimate of drug-likeness (QED) is 0.828. The molecule has 1 aliphatic heterocycles. The summed E-state index contributed by atoms with van der Waals surface area (Å²) in [6, 6.07) is 4.97. The Balaban J connectivity index is 2.27. The lowest BCUT2D eigenvalue weighted by atomic mass is 10.1. The average Bonchev–Trinajstić information content (AvgIpc) is 2.65. The summed E-state index contributed by atoms with van der Waals surface area (Å²) >= 11 is 9.31. The van der Waals surface area contributed by atoms with E-state index in [9.17, 15) is 9.90 Å². The number of halogens is 2. The van der Waals surface area contributed by atoms with Crippen molar-refractivity contribution < 1.29 is 9.90 Å². The molecule has 1 atom stereocenters. The van der Waals surface area contributed by atoms with Gasteiger partial charge in [0.25, 0.3) is 5.91 Å². The van der Waals surface area contributed by atoms with Crippen LogP contribution in [0.15, 0.2) is 22.7 Å². The van der Waals surface area contributed by atoms with Gasteiger partial charge in [0.1, 0.15) is 5.75 Å². The lowest BCUT2D eigenvalue weighted by Crippen LogP contribution is -2.41. The van der Waals surface area contributed by atoms with Crippen LogP contribution in [-0.4, -0.2) is 34.4 Å². The molecule has 1 aromatic carbocycles. The molecule has 1 aliphatic rings. The van der Waals surface area contributed by atoms with Crippen LogP contribution < -0.4 is 0 Å². The van der Waals surface area contributed by atoms with Gasteiger partial charge in [-0.25, -0.2) is 0 Å². The topological polar surface area (TPSA) is 40.5 Å². The molecule has 1 N–H and O–H groups in total. The molecular weight excluding hydrogens is 330 g/mol. The number of amides is 1. The van der Waals surface area contributed by atoms with Gasteiger partial charge in [-0.3, -0.25) is 4.79 Å². The zero-order valence-electron chi connectivity index (χ0n) is 10.6. The predicted octanol–water partition coefficient (Wildman–Crippen LogP) is 3.78. The van der Waals surface area contributed by atoms with Crippen LogP contribution in [0.25, 0.3) is 0 Å². The third-order valence-corrected chi connectivity index (χ3v) is 4.35. The van der Waals surface area contributed by atoms with Crippen molar-refractivity contribution >= 4 is 33.4 Å². The first-order chi connectivity index (χ1) is 9.13. The Hall–Kier alpha value is -0.740. The molecule has 1 amide bonds. The van der Waals surface area contributed by atoms with Crippen molar-refractivity contribution in [3.05, 3.63) is 28.2 Å². The Labute approximate surface area is 126 Å². The zero-order chi connectivity index (χ0) is 13.8. The molecule has 19 heavy (non-hydrogen) atoms. The smallest absolute Gasteiger partial charge is 0.257 e. The maximum atomic E-state index is 12.6. The van der Waals surface area contributed by atoms with Crippen molar-refractivity contribution in [2.24, 2.45) is 0 Å². The van der Waals surface area contributed by atoms with E-state index in [0.29, 0.717) is 18.0 Å². The fourth-order valence-corrected chi connectivity index (χ4v) is 3.12. The molecule has 0 spiro atoms. The van der Waals surface area contributed by atoms with Crippen molar-refractivity contribution in [1.29, 1.82) is 0 Å². The van der Waals surface area contributed by atoms with Crippen LogP contribution >= 0.6 is 27.5 Å². The van der Waals surface area contributed by atoms with Crippen molar-refractivity contribution in [2.45, 2.75) is 31.7 Å². The van der Waals surface area contributed by atoms with Crippen LogP contribution in [0.4, 0.5) is 0 Å². The van der Waals surface area contributed by atoms with Gasteiger partial charge in [-0.1, -0.05) is 28.8 Å². The van der Waals surface area contributed by atoms with Gasteiger partial charge >= 0.3 is 0 Å². The van der Waals surface area contributed by atoms with Crippen LogP contribution in [0.1, 0.15) is 36.0 Å². The van der Waals surface area contributed by atoms with E-state index in [-0.39, 0.29) is 17.7 Å². The summed E-state index contributed by atoms with van der Waals surface area (Å²) in [5.74, 6) is 0.331. The number of likely N-dealkylation sites (tertiary alicyclic amines) is 1. The Kier molecular flexibility index (Phi) is 5.11. The molecule has 0 aliphatic carbocycles. The number of benzene rings is 1. The van der Waals surface area contributed by atoms with Gasteiger partial charge in [-0.2, -0.15) is 0 Å². The molecule has 2 rings (SSSR count). The number of alkyl halides is 1. The molecule has 0 aromatic heterocycles. The lowest BCUT2D eigenvalue weighted by molar-refractivity contribution is 0.0697. The van der Waals surface area contributed by atoms with E-state index in [1.54, 1.807) is 12.1 Å². The lowest BCUT2D eigenvalue weighted by Gasteiger charge is -2.29. The Bertz CT molecular complexity index is 467. The monoisotopic (exact) mass is 345 g/mol. The number of aromatic hydroxyl groups is 1. The molecule has 1 fully saturated rings. The largest absolute Gasteiger partial charge is 0.507 e. The number of hydrogen-bond donors (Lipinski definition) is 1. The summed E-state index contributed by atoms with van der Waals surface area (Å²) < 4.78 is 0.783. The molecule has 5 heteroatoms. The highest BCUT2D eigenvalue weighted by Gasteiger charge is 2.27. The van der Waals surface area contributed by atoms with Gasteiger partial charge in [-0.15, -0.1) is 11.6 Å². The van der Waals surface area contributed by atoms with Gasteiger partial charge in [0.2, 0.25) is 0 Å². The predicted molar refractivity (Wildman–Crippen MR) is 79.8 cm³/mol. The second kappa shape index (κ2) is 6.62. The van der Waals surface area contributed by atoms with Crippen LogP contribution in [0, 0.1) is 0 Å². The maximum absolute atomic E-state index is 12.6. The highest BCUT2D eigenvalue weighted by atomic mass is 79.9. The van der Waals surface area contributed by atoms with Crippen molar-refractivity contribution in [3.8, 4) is 5.75 Å². The second-order valence-corrected chi connectivity index (χ2v) is 6.04. The minimum atomic E-state index is -0.133. The first-order valence-electron chi connectivity index (χ1n) is 6.49. The Morgan fingerprint density at radius 3 is 2.95 bits per heavy atom. The highest BCUT2D eigenvalue weighted by molar-refractivity contribution is 9.10. The Morgan fingerprint density at radius 2 is 2.21 bits per heavy atom. The highest BCUT2D eigenvalue weighted by Crippen LogP contribution is 2.26. The molecule has 1 unspecified atom stereocenters. The number of carbonyl (C=O) groups excluding carboxylic acids is 1. The van der Waals surface area contributed by atoms with E-state index < -0.39 is 0 Å². The number of phenols is 1. The summed E-state index contributed by atoms with van der Waals surface area (Å²) in [4.78, 5) is 14.4. The van der Waals surface area contributed by atoms with E-state index in [0.717, 1.165) is 30.2 Å². The summed E-state index contributed by atoms with van der Waals surface area (Å²) in [7, 11) is 0. The number of phenolic OH excluding ortho intramolecular Hbond substituents is 1. The summed E-state index contributed by atoms with van der Waals surface area (Å²) in [6.45, 7) is 0.710. The molecule has 1 aromatic rings. The minimum absolute atomic E-state index is 0.0192. The number of nitrogens with zero attached hydrogens (tertiary/aromatic N) is 1. The normalized spacial score (nSPS) is 20.1. The van der Waals surface area contributed by atoms with E-state index in [1.807, 2.05) is 4.90 Å². The van der Waals surface area contributed by atoms with Crippen LogP contribution in [0.2, 0.25) is 0 Å². The van der Waals surface area contributed by atoms with Gasteiger partial charge in [-0.05, 0) is 31.0 Å². The molecular formula is C14H17BrClNO2. The van der Waals surface area contributed by atoms with Crippen LogP contribution in [0.3, 0.4) is 0 Å². The molecule has 3 nitrogen and oxygen atoms in total. The third-order valence-electron chi connectivity index (χ3n) is 3.51. The number of carbonyl (C=O) groups is 1. The van der Waals surface area contributed by atoms with Crippen molar-refractivity contribution in [3.63, 3.8) is 0 Å². The second-order valence-electron chi connectivity index (χ2n) is 4.82. The number of hydrogen-bond acceptors (Lipinski definition) is 2. The SMILES string of the molecule is O=C(c1cc(Br)ccc1O)N1CCCCCC1CCl. The van der Waals surface area contributed by atoms with Gasteiger partial charge < -0.3 is 10.0 Å². The number of rotatable bonds is 2. The molecule has 1 saturated heterocycles. The fraction of sp³-hybridized carbons (Fsp3) is 0.500. The molecule has 1 heterocycles. The minimum Gasteiger partial charge on any atom is -0.507 e. The standard InChI is InChI=1S/C14H17BrClNO2/c15-10-5-6-13(18)12(8-10)14(19)17-7-3-1-2-4-11(17)9-16/h5-6,8,11,18H,1-4,7,9H2. The summed E-state index contributed by atoms with van der Waals surface area (Å²) in [6.07, 6.45) is 4.16. The van der Waals surface area contributed by atoms with Crippen LogP contribution in [-0.2, 0) is 0 Å². The third kappa shape index (κ3) is 3.42. The fourth-order valence-electron chi connectivity index (χ4n) is 2.44. The molecule has 0 saturated carbocycles. The van der Waals surface area contributed by atoms with Crippen molar-refractivity contribution in [1.82, 2.24) is 4.90 Å². The summed E-state index contributed by atoms with van der Waals surface area (Å²) in [5, 5.41) is 9.86. The first-order valence-corrected chi connectivity index (χ1v) is 7.81. The van der Waals surface area contributed by atoms with Gasteiger partial charge in [0.05, 0.1) is 5.56 Å². The van der Waals surface area contributed by atoms with E-state index in [4.69, 9.17) is 11.6 Å². The van der Waals surface area contributed by atoms with Gasteiger partial charge in [0, 0.05) is 22.9 Å². The van der Waals surface area contributed by atoms with Gasteiger partial charge in [0.15, 0.2) is 0 Å². The van der Waals surface area contributed by atoms with Crippen molar-refractivity contribution in [2.75, 3.05) is 12.4 Å². The molecule has 0 bridgehead atoms. The van der Waals surface area contributed by atoms with E-state index >= 15 is 0 Å². The molecule has 0 radical (unpaired) electrons. The summed E-state index contributed by atoms with van der Waals surface area (Å²) in [5.41, 5.74) is 0.339. The maximum Gasteiger partial charge on any atom is 0.257 e. The van der Waals surface area contributed by atoms with Crippen LogP contribution in [0.5, 0.6) is 5.75 Å². The average molecular weight is 347 g/mol. The zero-order valence-corrected chi connectivity index (χ0v) is 13.0. The van der Waals surface area contributed by atoms with E-state index in [1.165, 1.54) is 6.07 Å².